The van der Waals surface area contributed by atoms with Crippen molar-refractivity contribution in [3.8, 4) is 0 Å². The monoisotopic (exact) mass is 422 g/mol. The van der Waals surface area contributed by atoms with Crippen molar-refractivity contribution in [3.05, 3.63) is 64.7 Å². The van der Waals surface area contributed by atoms with Gasteiger partial charge in [-0.05, 0) is 12.0 Å². The van der Waals surface area contributed by atoms with Crippen molar-refractivity contribution in [2.24, 2.45) is 0 Å². The molecule has 1 heterocycles. The van der Waals surface area contributed by atoms with Gasteiger partial charge in [-0.25, -0.2) is 4.98 Å². The molecule has 0 fully saturated rings. The second kappa shape index (κ2) is 22.0. The number of likely N-dealkylation sites (N-methyl/N-ethyl adjacent to an activating group) is 1. The Kier molecular flexibility index (Phi) is 26.8. The maximum Gasteiger partial charge on any atom is 1.00 e. The van der Waals surface area contributed by atoms with E-state index in [9.17, 15) is 4.79 Å². The quantitative estimate of drug-likeness (QED) is 0.509. The molecule has 0 aliphatic rings. The van der Waals surface area contributed by atoms with Gasteiger partial charge in [0.2, 0.25) is 0 Å². The van der Waals surface area contributed by atoms with Gasteiger partial charge in [-0.2, -0.15) is 21.1 Å². The normalized spacial score (nSPS) is 10.0. The van der Waals surface area contributed by atoms with Gasteiger partial charge in [-0.1, -0.05) is 57.1 Å². The predicted octanol–water partition coefficient (Wildman–Crippen LogP) is -1.52. The first kappa shape index (κ1) is 32.9. The van der Waals surface area contributed by atoms with Gasteiger partial charge in [0.1, 0.15) is 5.78 Å². The zero-order valence-electron chi connectivity index (χ0n) is 18.4. The van der Waals surface area contributed by atoms with E-state index in [2.05, 4.69) is 27.8 Å². The predicted molar refractivity (Wildman–Crippen MR) is 106 cm³/mol. The van der Waals surface area contributed by atoms with Crippen LogP contribution < -0.4 is 103 Å². The van der Waals surface area contributed by atoms with E-state index >= 15 is 0 Å². The fourth-order valence-corrected chi connectivity index (χ4v) is 2.18. The summed E-state index contributed by atoms with van der Waals surface area (Å²) < 4.78 is 2.04. The summed E-state index contributed by atoms with van der Waals surface area (Å²) in [5.74, 6) is 0.171. The topological polar surface area (TPSA) is 63.1 Å². The smallest absolute Gasteiger partial charge is 0.668 e. The molecule has 1 atom stereocenters. The van der Waals surface area contributed by atoms with E-state index in [0.29, 0.717) is 12.8 Å². The number of hydrogen-bond donors (Lipinski definition) is 0. The molecule has 0 aliphatic heterocycles. The zero-order valence-corrected chi connectivity index (χ0v) is 24.7. The van der Waals surface area contributed by atoms with Gasteiger partial charge in [0.15, 0.2) is 0 Å². The molecule has 1 aromatic carbocycles. The third-order valence-corrected chi connectivity index (χ3v) is 3.33. The first-order chi connectivity index (χ1) is 12.1. The van der Waals surface area contributed by atoms with Crippen molar-refractivity contribution in [2.75, 3.05) is 21.1 Å². The standard InChI is InChI=1S/C16H20N3O.C2H6N.C2H6.2K/c1-3-16(20)15(17-2)9-14-11-19(12-18-14)10-13-7-5-4-6-8-13;1-3-2;1-2;;/h4-8,11-12,15H,3,9-10H2,1-2H3;1-2H3;1-2H3;;/q2*-1;;2*+1. The number of carbonyl (C=O) groups excluding carboxylic acids is 1. The van der Waals surface area contributed by atoms with Crippen LogP contribution in [0.2, 0.25) is 0 Å². The van der Waals surface area contributed by atoms with Crippen molar-refractivity contribution in [1.29, 1.82) is 0 Å². The molecular formula is C20H32K2N4O. The van der Waals surface area contributed by atoms with Crippen LogP contribution in [0.1, 0.15) is 38.4 Å². The Labute approximate surface area is 250 Å². The first-order valence-corrected chi connectivity index (χ1v) is 8.78. The van der Waals surface area contributed by atoms with Gasteiger partial charge in [-0.3, -0.25) is 0 Å². The zero-order chi connectivity index (χ0) is 19.1. The molecule has 27 heavy (non-hydrogen) atoms. The Bertz CT molecular complexity index is 576. The van der Waals surface area contributed by atoms with E-state index in [4.69, 9.17) is 0 Å². The van der Waals surface area contributed by atoms with Gasteiger partial charge < -0.3 is 20.0 Å². The number of Topliss-reactive ketones (excluding diaryl/α,β-unsaturated/α-hetero) is 1. The summed E-state index contributed by atoms with van der Waals surface area (Å²) in [6.07, 6.45) is 4.91. The molecule has 5 nitrogen and oxygen atoms in total. The molecule has 0 radical (unpaired) electrons. The molecule has 0 amide bonds. The molecule has 0 N–H and O–H groups in total. The van der Waals surface area contributed by atoms with Gasteiger partial charge in [0, 0.05) is 19.2 Å². The molecule has 0 spiro atoms. The number of nitrogens with zero attached hydrogens (tertiary/aromatic N) is 4. The van der Waals surface area contributed by atoms with Gasteiger partial charge >= 0.3 is 103 Å². The molecule has 7 heteroatoms. The molecule has 2 aromatic rings. The number of benzene rings is 1. The van der Waals surface area contributed by atoms with E-state index in [1.807, 2.05) is 56.1 Å². The molecule has 0 bridgehead atoms. The van der Waals surface area contributed by atoms with E-state index < -0.39 is 0 Å². The third-order valence-electron chi connectivity index (χ3n) is 3.33. The Morgan fingerprint density at radius 2 is 1.67 bits per heavy atom. The maximum absolute atomic E-state index is 11.7. The second-order valence-electron chi connectivity index (χ2n) is 5.27. The summed E-state index contributed by atoms with van der Waals surface area (Å²) in [4.78, 5) is 16.1. The molecule has 2 rings (SSSR count). The van der Waals surface area contributed by atoms with Crippen LogP contribution >= 0.6 is 0 Å². The molecule has 1 aromatic heterocycles. The van der Waals surface area contributed by atoms with Gasteiger partial charge in [-0.15, -0.1) is 0 Å². The number of rotatable bonds is 7. The Morgan fingerprint density at radius 1 is 1.11 bits per heavy atom. The van der Waals surface area contributed by atoms with Crippen LogP contribution in [-0.2, 0) is 17.8 Å². The average Bonchev–Trinajstić information content (AvgIpc) is 3.09. The number of imidazole rings is 1. The van der Waals surface area contributed by atoms with E-state index in [0.717, 1.165) is 12.2 Å². The Hall–Kier alpha value is 1.29. The summed E-state index contributed by atoms with van der Waals surface area (Å²) in [6.45, 7) is 6.66. The minimum absolute atomic E-state index is 0. The van der Waals surface area contributed by atoms with Crippen LogP contribution in [0, 0.1) is 0 Å². The minimum atomic E-state index is -0.264. The number of carbonyl (C=O) groups is 1. The summed E-state index contributed by atoms with van der Waals surface area (Å²) in [5, 5.41) is 7.65. The van der Waals surface area contributed by atoms with Crippen molar-refractivity contribution in [2.45, 2.75) is 46.2 Å². The number of ketones is 1. The summed E-state index contributed by atoms with van der Waals surface area (Å²) in [6, 6.07) is 9.97. The van der Waals surface area contributed by atoms with E-state index in [1.54, 1.807) is 21.1 Å². The SMILES string of the molecule is CC.CCC(=O)C(Cc1cn(Cc2ccccc2)cn1)[N-]C.C[N-]C.[K+].[K+]. The fraction of sp³-hybridized carbons (Fsp3) is 0.500. The van der Waals surface area contributed by atoms with Crippen molar-refractivity contribution >= 4 is 5.78 Å². The van der Waals surface area contributed by atoms with E-state index in [-0.39, 0.29) is 115 Å². The Balaban J connectivity index is -0.000000750. The molecule has 0 aliphatic carbocycles. The van der Waals surface area contributed by atoms with Crippen molar-refractivity contribution < 1.29 is 108 Å². The summed E-state index contributed by atoms with van der Waals surface area (Å²) in [5.41, 5.74) is 2.15. The van der Waals surface area contributed by atoms with E-state index in [1.165, 1.54) is 5.56 Å². The first-order valence-electron chi connectivity index (χ1n) is 8.78. The summed E-state index contributed by atoms with van der Waals surface area (Å²) in [7, 11) is 5.19. The van der Waals surface area contributed by atoms with Crippen LogP contribution in [0.3, 0.4) is 0 Å². The van der Waals surface area contributed by atoms with Crippen molar-refractivity contribution in [3.63, 3.8) is 0 Å². The van der Waals surface area contributed by atoms with Gasteiger partial charge in [0.05, 0.1) is 12.0 Å². The van der Waals surface area contributed by atoms with Crippen LogP contribution in [0.5, 0.6) is 0 Å². The number of aromatic nitrogens is 2. The fourth-order valence-electron chi connectivity index (χ4n) is 2.18. The van der Waals surface area contributed by atoms with Crippen LogP contribution in [0.15, 0.2) is 42.9 Å². The van der Waals surface area contributed by atoms with Crippen molar-refractivity contribution in [1.82, 2.24) is 9.55 Å². The second-order valence-corrected chi connectivity index (χ2v) is 5.27. The molecule has 140 valence electrons. The average molecular weight is 423 g/mol. The maximum atomic E-state index is 11.7. The van der Waals surface area contributed by atoms with Crippen LogP contribution in [-0.4, -0.2) is 42.5 Å². The Morgan fingerprint density at radius 3 is 2.15 bits per heavy atom. The summed E-state index contributed by atoms with van der Waals surface area (Å²) >= 11 is 0. The van der Waals surface area contributed by atoms with Crippen LogP contribution in [0.25, 0.3) is 10.6 Å². The van der Waals surface area contributed by atoms with Gasteiger partial charge in [0.25, 0.3) is 0 Å². The minimum Gasteiger partial charge on any atom is -0.668 e. The number of hydrogen-bond acceptors (Lipinski definition) is 2. The van der Waals surface area contributed by atoms with Crippen LogP contribution in [0.4, 0.5) is 0 Å². The molecule has 0 saturated carbocycles. The molecular weight excluding hydrogens is 390 g/mol. The molecule has 1 unspecified atom stereocenters. The largest absolute Gasteiger partial charge is 1.00 e. The third kappa shape index (κ3) is 14.8. The molecule has 0 saturated heterocycles.